The molecule has 0 aromatic carbocycles. The second-order valence-electron chi connectivity index (χ2n) is 1.82. The van der Waals surface area contributed by atoms with Gasteiger partial charge in [-0.15, -0.1) is 0 Å². The zero-order valence-electron chi connectivity index (χ0n) is 4.26. The first-order chi connectivity index (χ1) is 3.43. The van der Waals surface area contributed by atoms with Crippen LogP contribution in [0.5, 0.6) is 0 Å². The van der Waals surface area contributed by atoms with E-state index in [2.05, 4.69) is 0 Å². The van der Waals surface area contributed by atoms with Crippen molar-refractivity contribution in [2.24, 2.45) is 0 Å². The van der Waals surface area contributed by atoms with Gasteiger partial charge in [-0.2, -0.15) is 0 Å². The van der Waals surface area contributed by atoms with Crippen LogP contribution < -0.4 is 0 Å². The average molecular weight is 102 g/mol. The van der Waals surface area contributed by atoms with E-state index in [1.165, 1.54) is 0 Å². The molecule has 0 aliphatic carbocycles. The Labute approximate surface area is 43.1 Å². The van der Waals surface area contributed by atoms with E-state index in [1.54, 1.807) is 0 Å². The van der Waals surface area contributed by atoms with Crippen molar-refractivity contribution in [2.45, 2.75) is 18.9 Å². The number of aliphatic hydroxyl groups is 1. The first-order valence-electron chi connectivity index (χ1n) is 2.66. The van der Waals surface area contributed by atoms with E-state index < -0.39 is 0 Å². The van der Waals surface area contributed by atoms with E-state index in [1.807, 2.05) is 0 Å². The molecule has 2 heteroatoms. The highest BCUT2D eigenvalue weighted by atomic mass is 16.6. The molecule has 2 nitrogen and oxygen atoms in total. The molecule has 1 fully saturated rings. The minimum absolute atomic E-state index is 0.305. The number of aliphatic hydroxyl groups excluding tert-OH is 1. The third kappa shape index (κ3) is 1.90. The molecular weight excluding hydrogens is 92.1 g/mol. The van der Waals surface area contributed by atoms with Crippen molar-refractivity contribution in [2.75, 3.05) is 13.2 Å². The van der Waals surface area contributed by atoms with Crippen molar-refractivity contribution in [1.29, 1.82) is 0 Å². The fourth-order valence-corrected chi connectivity index (χ4v) is 0.554. The van der Waals surface area contributed by atoms with E-state index >= 15 is 0 Å². The minimum Gasteiger partial charge on any atom is -0.396 e. The van der Waals surface area contributed by atoms with Crippen LogP contribution in [0.15, 0.2) is 0 Å². The lowest BCUT2D eigenvalue weighted by molar-refractivity contribution is 0.274. The molecule has 1 N–H and O–H groups in total. The molecular formula is C5H10O2. The molecule has 1 rings (SSSR count). The van der Waals surface area contributed by atoms with Crippen LogP contribution >= 0.6 is 0 Å². The second-order valence-corrected chi connectivity index (χ2v) is 1.82. The van der Waals surface area contributed by atoms with E-state index in [0.29, 0.717) is 12.7 Å². The topological polar surface area (TPSA) is 32.8 Å². The van der Waals surface area contributed by atoms with Crippen molar-refractivity contribution in [3.8, 4) is 0 Å². The number of ether oxygens (including phenoxy) is 1. The summed E-state index contributed by atoms with van der Waals surface area (Å²) in [6.45, 7) is 1.22. The summed E-state index contributed by atoms with van der Waals surface area (Å²) in [5, 5.41) is 8.29. The Bertz CT molecular complexity index is 50.0. The summed E-state index contributed by atoms with van der Waals surface area (Å²) in [6, 6.07) is 0. The molecule has 1 unspecified atom stereocenters. The Morgan fingerprint density at radius 2 is 2.43 bits per heavy atom. The van der Waals surface area contributed by atoms with Crippen molar-refractivity contribution in [1.82, 2.24) is 0 Å². The third-order valence-electron chi connectivity index (χ3n) is 1.09. The van der Waals surface area contributed by atoms with Gasteiger partial charge in [-0.25, -0.2) is 0 Å². The summed E-state index contributed by atoms with van der Waals surface area (Å²) < 4.78 is 4.90. The van der Waals surface area contributed by atoms with Crippen LogP contribution in [0.4, 0.5) is 0 Å². The van der Waals surface area contributed by atoms with E-state index in [9.17, 15) is 0 Å². The van der Waals surface area contributed by atoms with Crippen LogP contribution in [0.25, 0.3) is 0 Å². The molecule has 0 aromatic heterocycles. The summed E-state index contributed by atoms with van der Waals surface area (Å²) in [5.41, 5.74) is 0. The SMILES string of the molecule is OCCCC1CO1. The van der Waals surface area contributed by atoms with Crippen LogP contribution in [-0.2, 0) is 4.74 Å². The summed E-state index contributed by atoms with van der Waals surface area (Å²) in [5.74, 6) is 0. The normalized spacial score (nSPS) is 27.9. The molecule has 1 atom stereocenters. The van der Waals surface area contributed by atoms with Crippen LogP contribution in [0.1, 0.15) is 12.8 Å². The number of epoxide rings is 1. The average Bonchev–Trinajstić information content (AvgIpc) is 2.42. The molecule has 0 amide bonds. The van der Waals surface area contributed by atoms with E-state index in [-0.39, 0.29) is 0 Å². The molecule has 0 aromatic rings. The Morgan fingerprint density at radius 1 is 1.71 bits per heavy atom. The maximum atomic E-state index is 8.29. The van der Waals surface area contributed by atoms with Crippen LogP contribution in [0.2, 0.25) is 0 Å². The highest BCUT2D eigenvalue weighted by molar-refractivity contribution is 4.67. The van der Waals surface area contributed by atoms with Gasteiger partial charge in [0, 0.05) is 6.61 Å². The van der Waals surface area contributed by atoms with E-state index in [4.69, 9.17) is 9.84 Å². The number of hydrogen-bond donors (Lipinski definition) is 1. The molecule has 7 heavy (non-hydrogen) atoms. The lowest BCUT2D eigenvalue weighted by Crippen LogP contribution is -1.87. The molecule has 1 aliphatic rings. The summed E-state index contributed by atoms with van der Waals surface area (Å²) in [6.07, 6.45) is 2.42. The third-order valence-corrected chi connectivity index (χ3v) is 1.09. The molecule has 42 valence electrons. The molecule has 1 aliphatic heterocycles. The van der Waals surface area contributed by atoms with Crippen LogP contribution in [0.3, 0.4) is 0 Å². The van der Waals surface area contributed by atoms with Gasteiger partial charge in [0.15, 0.2) is 0 Å². The molecule has 0 bridgehead atoms. The quantitative estimate of drug-likeness (QED) is 0.515. The molecule has 0 radical (unpaired) electrons. The standard InChI is InChI=1S/C5H10O2/c6-3-1-2-5-4-7-5/h5-6H,1-4H2. The molecule has 1 heterocycles. The number of rotatable bonds is 3. The van der Waals surface area contributed by atoms with Crippen LogP contribution in [0, 0.1) is 0 Å². The Kier molecular flexibility index (Phi) is 1.65. The number of hydrogen-bond acceptors (Lipinski definition) is 2. The van der Waals surface area contributed by atoms with E-state index in [0.717, 1.165) is 19.4 Å². The van der Waals surface area contributed by atoms with Crippen LogP contribution in [-0.4, -0.2) is 24.4 Å². The summed E-state index contributed by atoms with van der Waals surface area (Å²) in [7, 11) is 0. The maximum Gasteiger partial charge on any atom is 0.0810 e. The van der Waals surface area contributed by atoms with Gasteiger partial charge in [-0.3, -0.25) is 0 Å². The zero-order valence-corrected chi connectivity index (χ0v) is 4.26. The Balaban J connectivity index is 1.80. The molecule has 0 saturated carbocycles. The van der Waals surface area contributed by atoms with Gasteiger partial charge >= 0.3 is 0 Å². The van der Waals surface area contributed by atoms with Crippen molar-refractivity contribution in [3.05, 3.63) is 0 Å². The Morgan fingerprint density at radius 3 is 2.86 bits per heavy atom. The summed E-state index contributed by atoms with van der Waals surface area (Å²) >= 11 is 0. The first kappa shape index (κ1) is 5.06. The monoisotopic (exact) mass is 102 g/mol. The Hall–Kier alpha value is -0.0800. The summed E-state index contributed by atoms with van der Waals surface area (Å²) in [4.78, 5) is 0. The van der Waals surface area contributed by atoms with Gasteiger partial charge < -0.3 is 9.84 Å². The van der Waals surface area contributed by atoms with Gasteiger partial charge in [0.05, 0.1) is 12.7 Å². The highest BCUT2D eigenvalue weighted by Gasteiger charge is 2.20. The lowest BCUT2D eigenvalue weighted by Gasteiger charge is -1.86. The van der Waals surface area contributed by atoms with Gasteiger partial charge in [0.1, 0.15) is 0 Å². The maximum absolute atomic E-state index is 8.29. The fraction of sp³-hybridized carbons (Fsp3) is 1.00. The first-order valence-corrected chi connectivity index (χ1v) is 2.66. The highest BCUT2D eigenvalue weighted by Crippen LogP contribution is 2.14. The van der Waals surface area contributed by atoms with Crippen molar-refractivity contribution >= 4 is 0 Å². The molecule has 1 saturated heterocycles. The predicted molar refractivity (Wildman–Crippen MR) is 26.1 cm³/mol. The smallest absolute Gasteiger partial charge is 0.0810 e. The second kappa shape index (κ2) is 2.28. The molecule has 0 spiro atoms. The minimum atomic E-state index is 0.305. The zero-order chi connectivity index (χ0) is 5.11. The predicted octanol–water partition coefficient (Wildman–Crippen LogP) is 0.158. The van der Waals surface area contributed by atoms with Gasteiger partial charge in [-0.1, -0.05) is 0 Å². The van der Waals surface area contributed by atoms with Crippen molar-refractivity contribution in [3.63, 3.8) is 0 Å². The largest absolute Gasteiger partial charge is 0.396 e. The fourth-order valence-electron chi connectivity index (χ4n) is 0.554. The van der Waals surface area contributed by atoms with Crippen molar-refractivity contribution < 1.29 is 9.84 Å². The van der Waals surface area contributed by atoms with Gasteiger partial charge in [0.25, 0.3) is 0 Å². The lowest BCUT2D eigenvalue weighted by atomic mass is 10.3. The van der Waals surface area contributed by atoms with Gasteiger partial charge in [0.2, 0.25) is 0 Å². The van der Waals surface area contributed by atoms with Gasteiger partial charge in [-0.05, 0) is 12.8 Å².